The summed E-state index contributed by atoms with van der Waals surface area (Å²) in [6.45, 7) is 7.83. The first kappa shape index (κ1) is 19.8. The summed E-state index contributed by atoms with van der Waals surface area (Å²) < 4.78 is 0. The summed E-state index contributed by atoms with van der Waals surface area (Å²) in [5, 5.41) is 12.9. The van der Waals surface area contributed by atoms with Gasteiger partial charge in [-0.3, -0.25) is 0 Å². The molecule has 1 aliphatic heterocycles. The molecule has 0 aliphatic carbocycles. The van der Waals surface area contributed by atoms with Crippen molar-refractivity contribution in [2.45, 2.75) is 20.4 Å². The highest BCUT2D eigenvalue weighted by Gasteiger charge is 2.19. The van der Waals surface area contributed by atoms with Crippen LogP contribution in [0, 0.1) is 13.8 Å². The summed E-state index contributed by atoms with van der Waals surface area (Å²) in [6, 6.07) is 3.92. The Bertz CT molecular complexity index is 704. The summed E-state index contributed by atoms with van der Waals surface area (Å²) >= 11 is 1.66. The second-order valence-electron chi connectivity index (χ2n) is 6.04. The third kappa shape index (κ3) is 4.75. The Morgan fingerprint density at radius 3 is 2.44 bits per heavy atom. The highest BCUT2D eigenvalue weighted by atomic mass is 127. The van der Waals surface area contributed by atoms with Gasteiger partial charge >= 0.3 is 0 Å². The number of hydrogen-bond donors (Lipinski definition) is 2. The average molecular weight is 473 g/mol. The highest BCUT2D eigenvalue weighted by Crippen LogP contribution is 2.23. The average Bonchev–Trinajstić information content (AvgIpc) is 3.12. The number of benzene rings is 1. The monoisotopic (exact) mass is 473 g/mol. The van der Waals surface area contributed by atoms with Gasteiger partial charge in [-0.25, -0.2) is 9.98 Å². The fourth-order valence-corrected chi connectivity index (χ4v) is 3.60. The Morgan fingerprint density at radius 2 is 1.88 bits per heavy atom. The molecule has 3 N–H and O–H groups in total. The number of piperazine rings is 1. The van der Waals surface area contributed by atoms with E-state index < -0.39 is 0 Å². The van der Waals surface area contributed by atoms with Crippen molar-refractivity contribution in [3.8, 4) is 5.75 Å². The van der Waals surface area contributed by atoms with Gasteiger partial charge in [0.1, 0.15) is 5.75 Å². The van der Waals surface area contributed by atoms with Gasteiger partial charge in [0.25, 0.3) is 0 Å². The molecule has 0 spiro atoms. The molecule has 0 amide bonds. The molecule has 25 heavy (non-hydrogen) atoms. The van der Waals surface area contributed by atoms with Crippen molar-refractivity contribution in [3.05, 3.63) is 40.4 Å². The maximum atomic E-state index is 9.84. The minimum absolute atomic E-state index is 0. The van der Waals surface area contributed by atoms with E-state index in [4.69, 9.17) is 5.73 Å². The summed E-state index contributed by atoms with van der Waals surface area (Å²) in [5.74, 6) is 0.936. The molecule has 6 nitrogen and oxygen atoms in total. The van der Waals surface area contributed by atoms with Gasteiger partial charge in [-0.2, -0.15) is 0 Å². The van der Waals surface area contributed by atoms with Gasteiger partial charge in [0.2, 0.25) is 0 Å². The third-order valence-electron chi connectivity index (χ3n) is 4.27. The molecule has 2 aromatic rings. The number of phenols is 1. The highest BCUT2D eigenvalue weighted by molar-refractivity contribution is 14.0. The van der Waals surface area contributed by atoms with E-state index in [1.807, 2.05) is 37.6 Å². The Morgan fingerprint density at radius 1 is 1.24 bits per heavy atom. The van der Waals surface area contributed by atoms with E-state index >= 15 is 0 Å². The molecule has 1 saturated heterocycles. The van der Waals surface area contributed by atoms with Crippen LogP contribution in [0.1, 0.15) is 16.7 Å². The van der Waals surface area contributed by atoms with E-state index in [9.17, 15) is 5.11 Å². The van der Waals surface area contributed by atoms with Crippen molar-refractivity contribution < 1.29 is 5.11 Å². The number of phenolic OH excluding ortho intramolecular Hbond substituents is 1. The lowest BCUT2D eigenvalue weighted by atomic mass is 10.1. The van der Waals surface area contributed by atoms with Gasteiger partial charge in [-0.15, -0.1) is 35.3 Å². The molecule has 1 aromatic heterocycles. The van der Waals surface area contributed by atoms with Crippen LogP contribution in [-0.4, -0.2) is 47.1 Å². The number of aliphatic imine (C=N–C) groups is 1. The van der Waals surface area contributed by atoms with Gasteiger partial charge in [-0.1, -0.05) is 12.1 Å². The van der Waals surface area contributed by atoms with Crippen LogP contribution in [0.15, 0.2) is 28.7 Å². The van der Waals surface area contributed by atoms with Crippen LogP contribution in [0.4, 0.5) is 5.13 Å². The van der Waals surface area contributed by atoms with Crippen LogP contribution in [0.5, 0.6) is 5.75 Å². The van der Waals surface area contributed by atoms with Gasteiger partial charge in [0.05, 0.1) is 6.54 Å². The Labute approximate surface area is 169 Å². The smallest absolute Gasteiger partial charge is 0.191 e. The first-order chi connectivity index (χ1) is 11.5. The lowest BCUT2D eigenvalue weighted by Crippen LogP contribution is -2.51. The van der Waals surface area contributed by atoms with E-state index in [2.05, 4.69) is 19.8 Å². The molecule has 0 atom stereocenters. The molecule has 2 heterocycles. The number of guanidine groups is 1. The normalized spacial score (nSPS) is 15.2. The molecule has 8 heteroatoms. The lowest BCUT2D eigenvalue weighted by molar-refractivity contribution is 0.380. The first-order valence-electron chi connectivity index (χ1n) is 8.03. The molecule has 0 radical (unpaired) electrons. The quantitative estimate of drug-likeness (QED) is 0.407. The van der Waals surface area contributed by atoms with Gasteiger partial charge in [0.15, 0.2) is 11.1 Å². The predicted molar refractivity (Wildman–Crippen MR) is 114 cm³/mol. The van der Waals surface area contributed by atoms with E-state index in [1.165, 1.54) is 0 Å². The zero-order chi connectivity index (χ0) is 17.1. The standard InChI is InChI=1S/C17H23N5OS.HI/c1-12-9-14(10-13(2)15(12)23)11-20-16(18)21-4-6-22(7-5-21)17-19-3-8-24-17;/h3,8-10,23H,4-7,11H2,1-2H3,(H2,18,20);1H. The topological polar surface area (TPSA) is 78.0 Å². The van der Waals surface area contributed by atoms with Crippen molar-refractivity contribution in [1.82, 2.24) is 9.88 Å². The largest absolute Gasteiger partial charge is 0.507 e. The number of aryl methyl sites for hydroxylation is 2. The molecule has 1 aromatic carbocycles. The van der Waals surface area contributed by atoms with Crippen LogP contribution >= 0.6 is 35.3 Å². The molecule has 136 valence electrons. The van der Waals surface area contributed by atoms with E-state index in [0.29, 0.717) is 18.3 Å². The van der Waals surface area contributed by atoms with E-state index in [0.717, 1.165) is 48.0 Å². The molecule has 1 aliphatic rings. The summed E-state index contributed by atoms with van der Waals surface area (Å²) in [5.41, 5.74) is 8.97. The maximum absolute atomic E-state index is 9.84. The van der Waals surface area contributed by atoms with Crippen LogP contribution in [0.3, 0.4) is 0 Å². The molecule has 0 bridgehead atoms. The molecule has 0 unspecified atom stereocenters. The first-order valence-corrected chi connectivity index (χ1v) is 8.91. The molecular formula is C17H24IN5OS. The van der Waals surface area contributed by atoms with Crippen LogP contribution in [0.25, 0.3) is 0 Å². The number of nitrogens with two attached hydrogens (primary N) is 1. The minimum Gasteiger partial charge on any atom is -0.507 e. The van der Waals surface area contributed by atoms with Gasteiger partial charge < -0.3 is 20.6 Å². The van der Waals surface area contributed by atoms with Gasteiger partial charge in [-0.05, 0) is 30.5 Å². The zero-order valence-corrected chi connectivity index (χ0v) is 17.6. The van der Waals surface area contributed by atoms with Crippen molar-refractivity contribution in [1.29, 1.82) is 0 Å². The number of aromatic hydroxyl groups is 1. The fourth-order valence-electron chi connectivity index (χ4n) is 2.91. The molecule has 3 rings (SSSR count). The van der Waals surface area contributed by atoms with Crippen molar-refractivity contribution in [3.63, 3.8) is 0 Å². The predicted octanol–water partition coefficient (Wildman–Crippen LogP) is 2.72. The lowest BCUT2D eigenvalue weighted by Gasteiger charge is -2.35. The van der Waals surface area contributed by atoms with Crippen LogP contribution in [0.2, 0.25) is 0 Å². The number of halogens is 1. The number of aromatic nitrogens is 1. The summed E-state index contributed by atoms with van der Waals surface area (Å²) in [6.07, 6.45) is 1.84. The molecule has 1 fully saturated rings. The second-order valence-corrected chi connectivity index (χ2v) is 6.91. The Kier molecular flexibility index (Phi) is 6.88. The Balaban J connectivity index is 0.00000225. The number of rotatable bonds is 3. The van der Waals surface area contributed by atoms with Crippen molar-refractivity contribution in [2.75, 3.05) is 31.1 Å². The minimum atomic E-state index is 0. The molecule has 0 saturated carbocycles. The summed E-state index contributed by atoms with van der Waals surface area (Å²) in [4.78, 5) is 13.3. The Hall–Kier alpha value is -1.55. The van der Waals surface area contributed by atoms with Crippen molar-refractivity contribution >= 4 is 46.4 Å². The maximum Gasteiger partial charge on any atom is 0.191 e. The van der Waals surface area contributed by atoms with E-state index in [1.54, 1.807) is 11.3 Å². The van der Waals surface area contributed by atoms with Crippen molar-refractivity contribution in [2.24, 2.45) is 10.7 Å². The number of nitrogens with zero attached hydrogens (tertiary/aromatic N) is 4. The van der Waals surface area contributed by atoms with Crippen LogP contribution < -0.4 is 10.6 Å². The van der Waals surface area contributed by atoms with Crippen LogP contribution in [-0.2, 0) is 6.54 Å². The molecular weight excluding hydrogens is 449 g/mol. The number of anilines is 1. The SMILES string of the molecule is Cc1cc(CN=C(N)N2CCN(c3nccs3)CC2)cc(C)c1O.I. The number of hydrogen-bond acceptors (Lipinski definition) is 5. The van der Waals surface area contributed by atoms with Gasteiger partial charge in [0, 0.05) is 37.8 Å². The zero-order valence-electron chi connectivity index (χ0n) is 14.5. The fraction of sp³-hybridized carbons (Fsp3) is 0.412. The second kappa shape index (κ2) is 8.70. The van der Waals surface area contributed by atoms with E-state index in [-0.39, 0.29) is 24.0 Å². The number of thiazole rings is 1. The summed E-state index contributed by atoms with van der Waals surface area (Å²) in [7, 11) is 0. The third-order valence-corrected chi connectivity index (χ3v) is 5.10.